The molecule has 1 saturated heterocycles. The van der Waals surface area contributed by atoms with Gasteiger partial charge in [0.05, 0.1) is 22.8 Å². The fourth-order valence-electron chi connectivity index (χ4n) is 5.93. The predicted octanol–water partition coefficient (Wildman–Crippen LogP) is 6.41. The van der Waals surface area contributed by atoms with Gasteiger partial charge in [-0.05, 0) is 72.0 Å². The molecule has 1 aliphatic heterocycles. The van der Waals surface area contributed by atoms with Crippen LogP contribution in [0.2, 0.25) is 0 Å². The summed E-state index contributed by atoms with van der Waals surface area (Å²) in [6.07, 6.45) is -4.59. The number of carboxylic acid groups (broad SMARTS) is 1. The number of piperidine rings is 1. The van der Waals surface area contributed by atoms with Crippen molar-refractivity contribution in [3.63, 3.8) is 0 Å². The molecule has 5 rings (SSSR count). The van der Waals surface area contributed by atoms with Crippen LogP contribution in [0, 0.1) is 17.2 Å². The van der Waals surface area contributed by atoms with Gasteiger partial charge in [0.1, 0.15) is 5.60 Å². The average molecular weight is 642 g/mol. The lowest BCUT2D eigenvalue weighted by Gasteiger charge is -2.40. The molecule has 240 valence electrons. The number of rotatable bonds is 8. The maximum Gasteiger partial charge on any atom is 0.417 e. The van der Waals surface area contributed by atoms with Gasteiger partial charge in [0.25, 0.3) is 11.8 Å². The Kier molecular flexibility index (Phi) is 9.44. The summed E-state index contributed by atoms with van der Waals surface area (Å²) in [6, 6.07) is 26.2. The van der Waals surface area contributed by atoms with E-state index in [-0.39, 0.29) is 49.5 Å². The Morgan fingerprint density at radius 2 is 1.49 bits per heavy atom. The number of nitrogens with one attached hydrogen (secondary N) is 1. The standard InChI is InChI=1S/C36H30F3N3O5/c37-36(38,39)31-20-30(13-12-28(31)22-40)41-34(46)35(47,29-14-16-42(17-15-29)32(43)24-7-2-1-3-8-24)21-23-6-4-9-25(18-23)26-10-5-11-27(19-26)33(44)45/h1-13,18-20,29,47H,14-17,21H2,(H,41,46)(H,44,45). The number of aliphatic hydroxyl groups is 1. The Morgan fingerprint density at radius 3 is 2.13 bits per heavy atom. The highest BCUT2D eigenvalue weighted by molar-refractivity contribution is 5.98. The van der Waals surface area contributed by atoms with E-state index in [0.717, 1.165) is 6.07 Å². The Labute approximate surface area is 268 Å². The topological polar surface area (TPSA) is 131 Å². The summed E-state index contributed by atoms with van der Waals surface area (Å²) in [5, 5.41) is 33.2. The molecular formula is C36H30F3N3O5. The number of alkyl halides is 3. The molecule has 11 heteroatoms. The third-order valence-electron chi connectivity index (χ3n) is 8.42. The maximum atomic E-state index is 13.9. The molecule has 4 aromatic carbocycles. The third kappa shape index (κ3) is 7.34. The van der Waals surface area contributed by atoms with Gasteiger partial charge in [-0.2, -0.15) is 18.4 Å². The number of carbonyl (C=O) groups excluding carboxylic acids is 2. The van der Waals surface area contributed by atoms with Gasteiger partial charge in [-0.25, -0.2) is 4.79 Å². The number of anilines is 1. The van der Waals surface area contributed by atoms with Gasteiger partial charge in [0, 0.05) is 36.7 Å². The summed E-state index contributed by atoms with van der Waals surface area (Å²) in [6.45, 7) is 0.482. The first-order valence-electron chi connectivity index (χ1n) is 14.8. The van der Waals surface area contributed by atoms with Crippen LogP contribution in [0.3, 0.4) is 0 Å². The first kappa shape index (κ1) is 32.9. The molecule has 1 unspecified atom stereocenters. The number of hydrogen-bond donors (Lipinski definition) is 3. The van der Waals surface area contributed by atoms with Crippen molar-refractivity contribution >= 4 is 23.5 Å². The van der Waals surface area contributed by atoms with Crippen molar-refractivity contribution in [3.8, 4) is 17.2 Å². The SMILES string of the molecule is N#Cc1ccc(NC(=O)C(O)(Cc2cccc(-c3cccc(C(=O)O)c3)c2)C2CCN(C(=O)c3ccccc3)CC2)cc1C(F)(F)F. The average Bonchev–Trinajstić information content (AvgIpc) is 3.08. The lowest BCUT2D eigenvalue weighted by Crippen LogP contribution is -2.54. The van der Waals surface area contributed by atoms with E-state index in [1.54, 1.807) is 71.6 Å². The van der Waals surface area contributed by atoms with Crippen LogP contribution in [0.4, 0.5) is 18.9 Å². The molecule has 1 aliphatic rings. The summed E-state index contributed by atoms with van der Waals surface area (Å²) < 4.78 is 41.0. The van der Waals surface area contributed by atoms with Crippen LogP contribution in [-0.4, -0.2) is 51.6 Å². The molecule has 1 atom stereocenters. The lowest BCUT2D eigenvalue weighted by molar-refractivity contribution is -0.142. The van der Waals surface area contributed by atoms with E-state index in [1.165, 1.54) is 24.3 Å². The number of likely N-dealkylation sites (tertiary alicyclic amines) is 1. The quantitative estimate of drug-likeness (QED) is 0.204. The molecule has 0 aromatic heterocycles. The van der Waals surface area contributed by atoms with Crippen molar-refractivity contribution in [2.24, 2.45) is 5.92 Å². The molecule has 0 saturated carbocycles. The highest BCUT2D eigenvalue weighted by atomic mass is 19.4. The van der Waals surface area contributed by atoms with Crippen LogP contribution in [0.15, 0.2) is 97.1 Å². The van der Waals surface area contributed by atoms with Crippen molar-refractivity contribution < 1.29 is 37.8 Å². The Hall–Kier alpha value is -5.47. The smallest absolute Gasteiger partial charge is 0.417 e. The number of nitriles is 1. The first-order valence-corrected chi connectivity index (χ1v) is 14.8. The van der Waals surface area contributed by atoms with Gasteiger partial charge in [-0.3, -0.25) is 9.59 Å². The largest absolute Gasteiger partial charge is 0.478 e. The number of hydrogen-bond acceptors (Lipinski definition) is 5. The lowest BCUT2D eigenvalue weighted by atomic mass is 9.75. The van der Waals surface area contributed by atoms with E-state index in [2.05, 4.69) is 5.32 Å². The minimum Gasteiger partial charge on any atom is -0.478 e. The summed E-state index contributed by atoms with van der Waals surface area (Å²) in [5.41, 5.74) is -1.82. The van der Waals surface area contributed by atoms with Crippen molar-refractivity contribution in [1.29, 1.82) is 5.26 Å². The van der Waals surface area contributed by atoms with E-state index < -0.39 is 40.7 Å². The Morgan fingerprint density at radius 1 is 0.851 bits per heavy atom. The number of amides is 2. The second-order valence-corrected chi connectivity index (χ2v) is 11.4. The number of aromatic carboxylic acids is 1. The zero-order valence-corrected chi connectivity index (χ0v) is 25.0. The van der Waals surface area contributed by atoms with Gasteiger partial charge < -0.3 is 20.4 Å². The highest BCUT2D eigenvalue weighted by Gasteiger charge is 2.46. The molecule has 3 N–H and O–H groups in total. The molecule has 1 fully saturated rings. The van der Waals surface area contributed by atoms with Gasteiger partial charge in [0.2, 0.25) is 0 Å². The molecule has 2 amide bonds. The van der Waals surface area contributed by atoms with E-state index >= 15 is 0 Å². The van der Waals surface area contributed by atoms with Gasteiger partial charge in [-0.15, -0.1) is 0 Å². The Balaban J connectivity index is 1.45. The predicted molar refractivity (Wildman–Crippen MR) is 167 cm³/mol. The van der Waals surface area contributed by atoms with E-state index in [1.807, 2.05) is 0 Å². The molecule has 4 aromatic rings. The fourth-order valence-corrected chi connectivity index (χ4v) is 5.93. The van der Waals surface area contributed by atoms with E-state index in [9.17, 15) is 37.8 Å². The van der Waals surface area contributed by atoms with Crippen molar-refractivity contribution in [1.82, 2.24) is 4.90 Å². The summed E-state index contributed by atoms with van der Waals surface area (Å²) >= 11 is 0. The molecule has 0 spiro atoms. The van der Waals surface area contributed by atoms with E-state index in [0.29, 0.717) is 28.3 Å². The van der Waals surface area contributed by atoms with Crippen molar-refractivity contribution in [2.45, 2.75) is 31.0 Å². The monoisotopic (exact) mass is 641 g/mol. The number of benzene rings is 4. The van der Waals surface area contributed by atoms with Crippen LogP contribution in [0.25, 0.3) is 11.1 Å². The minimum atomic E-state index is -4.85. The molecule has 1 heterocycles. The Bertz CT molecular complexity index is 1850. The molecule has 0 radical (unpaired) electrons. The number of carbonyl (C=O) groups is 3. The van der Waals surface area contributed by atoms with E-state index in [4.69, 9.17) is 5.26 Å². The van der Waals surface area contributed by atoms with Crippen LogP contribution < -0.4 is 5.32 Å². The molecule has 0 bridgehead atoms. The van der Waals surface area contributed by atoms with Gasteiger partial charge >= 0.3 is 12.1 Å². The zero-order valence-electron chi connectivity index (χ0n) is 25.0. The minimum absolute atomic E-state index is 0.0845. The number of halogens is 3. The highest BCUT2D eigenvalue weighted by Crippen LogP contribution is 2.36. The summed E-state index contributed by atoms with van der Waals surface area (Å²) in [5.74, 6) is -2.89. The van der Waals surface area contributed by atoms with Crippen molar-refractivity contribution in [3.05, 3.63) is 125 Å². The summed E-state index contributed by atoms with van der Waals surface area (Å²) in [4.78, 5) is 40.1. The molecule has 8 nitrogen and oxygen atoms in total. The summed E-state index contributed by atoms with van der Waals surface area (Å²) in [7, 11) is 0. The van der Waals surface area contributed by atoms with Gasteiger partial charge in [-0.1, -0.05) is 54.6 Å². The number of carboxylic acids is 1. The van der Waals surface area contributed by atoms with Gasteiger partial charge in [0.15, 0.2) is 0 Å². The maximum absolute atomic E-state index is 13.9. The fraction of sp³-hybridized carbons (Fsp3) is 0.222. The normalized spacial score (nSPS) is 14.9. The molecule has 0 aliphatic carbocycles. The second-order valence-electron chi connectivity index (χ2n) is 11.4. The van der Waals surface area contributed by atoms with Crippen LogP contribution >= 0.6 is 0 Å². The molecule has 47 heavy (non-hydrogen) atoms. The van der Waals surface area contributed by atoms with Crippen LogP contribution in [0.5, 0.6) is 0 Å². The van der Waals surface area contributed by atoms with Crippen molar-refractivity contribution in [2.75, 3.05) is 18.4 Å². The first-order chi connectivity index (χ1) is 22.4. The van der Waals surface area contributed by atoms with Crippen LogP contribution in [-0.2, 0) is 17.4 Å². The molecular weight excluding hydrogens is 611 g/mol. The third-order valence-corrected chi connectivity index (χ3v) is 8.42. The second kappa shape index (κ2) is 13.5. The van der Waals surface area contributed by atoms with Crippen LogP contribution in [0.1, 0.15) is 50.2 Å². The zero-order chi connectivity index (χ0) is 33.8. The number of nitrogens with zero attached hydrogens (tertiary/aromatic N) is 2.